The molecule has 1 amide bonds. The van der Waals surface area contributed by atoms with E-state index in [9.17, 15) is 4.79 Å². The SMILES string of the molecule is Cc1[nH]ncc1C(=O)Nc1ccc(N(C)C)cc1. The monoisotopic (exact) mass is 244 g/mol. The Labute approximate surface area is 106 Å². The van der Waals surface area contributed by atoms with Gasteiger partial charge >= 0.3 is 0 Å². The van der Waals surface area contributed by atoms with Gasteiger partial charge in [-0.3, -0.25) is 9.89 Å². The fourth-order valence-electron chi connectivity index (χ4n) is 1.62. The van der Waals surface area contributed by atoms with Gasteiger partial charge in [-0.1, -0.05) is 0 Å². The molecule has 0 aliphatic carbocycles. The Hall–Kier alpha value is -2.30. The first-order chi connectivity index (χ1) is 8.58. The summed E-state index contributed by atoms with van der Waals surface area (Å²) in [6, 6.07) is 7.67. The van der Waals surface area contributed by atoms with E-state index in [-0.39, 0.29) is 5.91 Å². The number of amides is 1. The van der Waals surface area contributed by atoms with Gasteiger partial charge in [-0.15, -0.1) is 0 Å². The number of nitrogens with zero attached hydrogens (tertiary/aromatic N) is 2. The molecule has 0 bridgehead atoms. The number of H-pyrrole nitrogens is 1. The van der Waals surface area contributed by atoms with Crippen molar-refractivity contribution in [2.24, 2.45) is 0 Å². The average Bonchev–Trinajstić information content (AvgIpc) is 2.76. The lowest BCUT2D eigenvalue weighted by Gasteiger charge is -2.12. The standard InChI is InChI=1S/C13H16N4O/c1-9-12(8-14-16-9)13(18)15-10-4-6-11(7-5-10)17(2)3/h4-8H,1-3H3,(H,14,16)(H,15,18). The Morgan fingerprint density at radius 3 is 2.44 bits per heavy atom. The van der Waals surface area contributed by atoms with Gasteiger partial charge in [0, 0.05) is 31.2 Å². The molecule has 2 aromatic rings. The molecule has 2 rings (SSSR count). The molecule has 18 heavy (non-hydrogen) atoms. The molecule has 5 nitrogen and oxygen atoms in total. The molecule has 1 aromatic carbocycles. The molecule has 0 fully saturated rings. The van der Waals surface area contributed by atoms with E-state index >= 15 is 0 Å². The third kappa shape index (κ3) is 2.51. The zero-order chi connectivity index (χ0) is 13.1. The van der Waals surface area contributed by atoms with Crippen molar-refractivity contribution in [2.45, 2.75) is 6.92 Å². The highest BCUT2D eigenvalue weighted by Gasteiger charge is 2.10. The summed E-state index contributed by atoms with van der Waals surface area (Å²) in [5.41, 5.74) is 3.18. The maximum absolute atomic E-state index is 11.9. The van der Waals surface area contributed by atoms with Crippen LogP contribution in [0.15, 0.2) is 30.5 Å². The highest BCUT2D eigenvalue weighted by Crippen LogP contribution is 2.16. The van der Waals surface area contributed by atoms with E-state index < -0.39 is 0 Å². The summed E-state index contributed by atoms with van der Waals surface area (Å²) in [5.74, 6) is -0.154. The number of hydrogen-bond donors (Lipinski definition) is 2. The van der Waals surface area contributed by atoms with Crippen molar-refractivity contribution in [1.29, 1.82) is 0 Å². The third-order valence-corrected chi connectivity index (χ3v) is 2.72. The predicted octanol–water partition coefficient (Wildman–Crippen LogP) is 2.04. The Bertz CT molecular complexity index is 542. The van der Waals surface area contributed by atoms with E-state index in [2.05, 4.69) is 15.5 Å². The summed E-state index contributed by atoms with van der Waals surface area (Å²) in [7, 11) is 3.95. The molecule has 0 saturated carbocycles. The molecular formula is C13H16N4O. The van der Waals surface area contributed by atoms with E-state index in [0.717, 1.165) is 17.1 Å². The fourth-order valence-corrected chi connectivity index (χ4v) is 1.62. The molecule has 0 radical (unpaired) electrons. The smallest absolute Gasteiger partial charge is 0.259 e. The van der Waals surface area contributed by atoms with Crippen LogP contribution in [-0.4, -0.2) is 30.2 Å². The van der Waals surface area contributed by atoms with Crippen LogP contribution in [-0.2, 0) is 0 Å². The summed E-state index contributed by atoms with van der Waals surface area (Å²) in [6.45, 7) is 1.82. The number of hydrogen-bond acceptors (Lipinski definition) is 3. The third-order valence-electron chi connectivity index (χ3n) is 2.72. The van der Waals surface area contributed by atoms with Gasteiger partial charge in [-0.25, -0.2) is 0 Å². The van der Waals surface area contributed by atoms with Crippen LogP contribution in [0.1, 0.15) is 16.1 Å². The van der Waals surface area contributed by atoms with Gasteiger partial charge < -0.3 is 10.2 Å². The molecule has 0 unspecified atom stereocenters. The van der Waals surface area contributed by atoms with Crippen LogP contribution in [0.2, 0.25) is 0 Å². The number of nitrogens with one attached hydrogen (secondary N) is 2. The van der Waals surface area contributed by atoms with Crippen LogP contribution in [0.3, 0.4) is 0 Å². The summed E-state index contributed by atoms with van der Waals surface area (Å²) in [5, 5.41) is 9.40. The number of rotatable bonds is 3. The minimum Gasteiger partial charge on any atom is -0.378 e. The largest absolute Gasteiger partial charge is 0.378 e. The first-order valence-electron chi connectivity index (χ1n) is 5.66. The quantitative estimate of drug-likeness (QED) is 0.868. The van der Waals surface area contributed by atoms with Crippen molar-refractivity contribution < 1.29 is 4.79 Å². The first kappa shape index (κ1) is 12.2. The van der Waals surface area contributed by atoms with Crippen molar-refractivity contribution in [3.8, 4) is 0 Å². The molecule has 0 aliphatic heterocycles. The van der Waals surface area contributed by atoms with Crippen LogP contribution >= 0.6 is 0 Å². The normalized spacial score (nSPS) is 10.2. The second-order valence-corrected chi connectivity index (χ2v) is 4.30. The van der Waals surface area contributed by atoms with Crippen LogP contribution < -0.4 is 10.2 Å². The average molecular weight is 244 g/mol. The molecule has 94 valence electrons. The van der Waals surface area contributed by atoms with Gasteiger partial charge in [0.05, 0.1) is 11.8 Å². The van der Waals surface area contributed by atoms with Crippen molar-refractivity contribution in [3.05, 3.63) is 41.7 Å². The molecule has 1 heterocycles. The minimum absolute atomic E-state index is 0.154. The molecule has 5 heteroatoms. The summed E-state index contributed by atoms with van der Waals surface area (Å²) in [4.78, 5) is 13.9. The van der Waals surface area contributed by atoms with Gasteiger partial charge in [0.15, 0.2) is 0 Å². The van der Waals surface area contributed by atoms with Gasteiger partial charge in [-0.2, -0.15) is 5.10 Å². The summed E-state index contributed by atoms with van der Waals surface area (Å²) in [6.07, 6.45) is 1.53. The lowest BCUT2D eigenvalue weighted by atomic mass is 10.2. The molecular weight excluding hydrogens is 228 g/mol. The topological polar surface area (TPSA) is 61.0 Å². The first-order valence-corrected chi connectivity index (χ1v) is 5.66. The van der Waals surface area contributed by atoms with E-state index in [1.165, 1.54) is 6.20 Å². The number of benzene rings is 1. The van der Waals surface area contributed by atoms with Gasteiger partial charge in [0.2, 0.25) is 0 Å². The van der Waals surface area contributed by atoms with Gasteiger partial charge in [0.1, 0.15) is 0 Å². The van der Waals surface area contributed by atoms with E-state index in [0.29, 0.717) is 5.56 Å². The van der Waals surface area contributed by atoms with Crippen LogP contribution in [0.4, 0.5) is 11.4 Å². The van der Waals surface area contributed by atoms with E-state index in [1.54, 1.807) is 0 Å². The lowest BCUT2D eigenvalue weighted by molar-refractivity contribution is 0.102. The summed E-state index contributed by atoms with van der Waals surface area (Å²) < 4.78 is 0. The zero-order valence-corrected chi connectivity index (χ0v) is 10.7. The van der Waals surface area contributed by atoms with Crippen molar-refractivity contribution >= 4 is 17.3 Å². The number of aromatic amines is 1. The van der Waals surface area contributed by atoms with Gasteiger partial charge in [-0.05, 0) is 31.2 Å². The number of aromatic nitrogens is 2. The highest BCUT2D eigenvalue weighted by atomic mass is 16.1. The Kier molecular flexibility index (Phi) is 3.32. The van der Waals surface area contributed by atoms with Crippen molar-refractivity contribution in [1.82, 2.24) is 10.2 Å². The van der Waals surface area contributed by atoms with Crippen LogP contribution in [0, 0.1) is 6.92 Å². The fraction of sp³-hybridized carbons (Fsp3) is 0.231. The second-order valence-electron chi connectivity index (χ2n) is 4.30. The molecule has 0 atom stereocenters. The molecule has 2 N–H and O–H groups in total. The number of aryl methyl sites for hydroxylation is 1. The van der Waals surface area contributed by atoms with Crippen LogP contribution in [0.25, 0.3) is 0 Å². The van der Waals surface area contributed by atoms with Crippen molar-refractivity contribution in [2.75, 3.05) is 24.3 Å². The Morgan fingerprint density at radius 1 is 1.28 bits per heavy atom. The van der Waals surface area contributed by atoms with E-state index in [4.69, 9.17) is 0 Å². The molecule has 0 spiro atoms. The minimum atomic E-state index is -0.154. The summed E-state index contributed by atoms with van der Waals surface area (Å²) >= 11 is 0. The van der Waals surface area contributed by atoms with E-state index in [1.807, 2.05) is 50.2 Å². The maximum Gasteiger partial charge on any atom is 0.259 e. The highest BCUT2D eigenvalue weighted by molar-refractivity contribution is 6.04. The zero-order valence-electron chi connectivity index (χ0n) is 10.7. The molecule has 0 aliphatic rings. The predicted molar refractivity (Wildman–Crippen MR) is 72.0 cm³/mol. The molecule has 1 aromatic heterocycles. The van der Waals surface area contributed by atoms with Crippen LogP contribution in [0.5, 0.6) is 0 Å². The number of carbonyl (C=O) groups excluding carboxylic acids is 1. The maximum atomic E-state index is 11.9. The number of carbonyl (C=O) groups is 1. The molecule has 0 saturated heterocycles. The second kappa shape index (κ2) is 4.91. The Morgan fingerprint density at radius 2 is 1.94 bits per heavy atom. The van der Waals surface area contributed by atoms with Crippen molar-refractivity contribution in [3.63, 3.8) is 0 Å². The van der Waals surface area contributed by atoms with Gasteiger partial charge in [0.25, 0.3) is 5.91 Å². The lowest BCUT2D eigenvalue weighted by Crippen LogP contribution is -2.13. The number of anilines is 2. The Balaban J connectivity index is 2.10.